The first-order valence-electron chi connectivity index (χ1n) is 23.8. The van der Waals surface area contributed by atoms with Crippen LogP contribution in [-0.2, 0) is 15.7 Å². The number of aromatic nitrogens is 10. The molecular weight excluding hydrogens is 954 g/mol. The molecule has 1 aliphatic heterocycles. The van der Waals surface area contributed by atoms with E-state index in [9.17, 15) is 31.9 Å². The number of alkyl halides is 5. The highest BCUT2D eigenvalue weighted by atomic mass is 19.4. The number of amides is 3. The third kappa shape index (κ3) is 15.0. The third-order valence-corrected chi connectivity index (χ3v) is 11.6. The Balaban J connectivity index is 0.000000188. The Morgan fingerprint density at radius 3 is 2.29 bits per heavy atom. The van der Waals surface area contributed by atoms with Gasteiger partial charge in [-0.1, -0.05) is 26.7 Å². The zero-order chi connectivity index (χ0) is 52.2. The highest BCUT2D eigenvalue weighted by Gasteiger charge is 2.44. The number of halogens is 5. The lowest BCUT2D eigenvalue weighted by Gasteiger charge is -2.25. The van der Waals surface area contributed by atoms with Crippen LogP contribution in [0.3, 0.4) is 0 Å². The predicted octanol–water partition coefficient (Wildman–Crippen LogP) is 8.64. The first-order valence-corrected chi connectivity index (χ1v) is 23.8. The van der Waals surface area contributed by atoms with E-state index in [-0.39, 0.29) is 34.9 Å². The summed E-state index contributed by atoms with van der Waals surface area (Å²) in [4.78, 5) is 48.1. The molecule has 0 spiro atoms. The molecular formula is C46H62F5N15O6. The Bertz CT molecular complexity index is 2690. The van der Waals surface area contributed by atoms with Crippen molar-refractivity contribution in [1.29, 1.82) is 0 Å². The lowest BCUT2D eigenvalue weighted by atomic mass is 10.0. The van der Waals surface area contributed by atoms with Gasteiger partial charge in [0, 0.05) is 72.9 Å². The fourth-order valence-electron chi connectivity index (χ4n) is 7.77. The highest BCUT2D eigenvalue weighted by Crippen LogP contribution is 2.40. The average molecular weight is 1020 g/mol. The number of ether oxygens (including phenoxy) is 2. The minimum atomic E-state index is -4.65. The summed E-state index contributed by atoms with van der Waals surface area (Å²) in [5.74, 6) is 0.690. The molecule has 7 N–H and O–H groups in total. The molecule has 3 saturated carbocycles. The van der Waals surface area contributed by atoms with Crippen LogP contribution in [0.4, 0.5) is 54.9 Å². The van der Waals surface area contributed by atoms with Crippen molar-refractivity contribution in [3.05, 3.63) is 71.8 Å². The Hall–Kier alpha value is -7.12. The molecule has 3 unspecified atom stereocenters. The van der Waals surface area contributed by atoms with Crippen molar-refractivity contribution in [3.8, 4) is 0 Å². The number of aromatic amines is 2. The SMILES string of the molecule is CC.CC(C)NC(=O)O.CC1(NC(=O)OC2CCC(c3cc(Nc4nc(C(F)(F)F)cc5nccn45)n[nH]3)C2F)CC1.Cc1cn2nc(C(=O)N3CCOCC3)cc2c(Nc2ccn[nH]2)n1.FC1CCCC1. The van der Waals surface area contributed by atoms with E-state index >= 15 is 4.39 Å². The maximum absolute atomic E-state index is 15.0. The first-order chi connectivity index (χ1) is 34.3. The van der Waals surface area contributed by atoms with Gasteiger partial charge < -0.3 is 40.7 Å². The quantitative estimate of drug-likeness (QED) is 0.0669. The van der Waals surface area contributed by atoms with Crippen LogP contribution in [0, 0.1) is 6.92 Å². The van der Waals surface area contributed by atoms with Gasteiger partial charge in [0.1, 0.15) is 35.4 Å². The molecule has 0 bridgehead atoms. The number of nitrogens with one attached hydrogen (secondary N) is 6. The fraction of sp³-hybridized carbons (Fsp3) is 0.543. The van der Waals surface area contributed by atoms with Gasteiger partial charge in [-0.3, -0.25) is 19.4 Å². The molecule has 3 aliphatic carbocycles. The van der Waals surface area contributed by atoms with Gasteiger partial charge in [0.2, 0.25) is 5.95 Å². The van der Waals surface area contributed by atoms with Crippen molar-refractivity contribution in [1.82, 2.24) is 64.9 Å². The van der Waals surface area contributed by atoms with Crippen LogP contribution in [0.15, 0.2) is 49.1 Å². The number of carbonyl (C=O) groups is 3. The molecule has 26 heteroatoms. The Morgan fingerprint density at radius 2 is 1.69 bits per heavy atom. The molecule has 1 saturated heterocycles. The molecule has 4 fully saturated rings. The van der Waals surface area contributed by atoms with E-state index in [0.29, 0.717) is 56.4 Å². The number of carbonyl (C=O) groups excluding carboxylic acids is 2. The third-order valence-electron chi connectivity index (χ3n) is 11.6. The van der Waals surface area contributed by atoms with Crippen molar-refractivity contribution in [3.63, 3.8) is 0 Å². The van der Waals surface area contributed by atoms with Crippen LogP contribution >= 0.6 is 0 Å². The van der Waals surface area contributed by atoms with Gasteiger partial charge >= 0.3 is 18.4 Å². The Kier molecular flexibility index (Phi) is 18.3. The van der Waals surface area contributed by atoms with Gasteiger partial charge in [-0.2, -0.15) is 28.5 Å². The fourth-order valence-corrected chi connectivity index (χ4v) is 7.77. The lowest BCUT2D eigenvalue weighted by molar-refractivity contribution is -0.141. The standard InChI is InChI=1S/C20H21F4N7O2.C15H17N7O2.C5H9F.C4H9NO2.C2H6/c1-19(4-5-19)28-18(32)33-12-3-2-10(16(12)21)11-8-14(30-29-11)27-17-26-13(20(22,23)24)9-15-25-6-7-31(15)17;1-10-9-22-12(14(17-10)18-13-2-3-16-19-13)8-11(20-22)15(23)21-4-6-24-7-5-21;6-5-3-1-2-4-5;1-3(2)5-4(6)7;1-2/h6-10,12,16H,2-5H2,1H3,(H,28,32)(H2,26,27,29,30);2-3,8-9H,4-7H2,1H3,(H2,16,17,18,19);5H,1-4H2;3,5H,1-2H3,(H,6,7);1-2H3. The molecule has 6 aromatic heterocycles. The van der Waals surface area contributed by atoms with Crippen LogP contribution in [0.1, 0.15) is 119 Å². The second-order valence-electron chi connectivity index (χ2n) is 17.8. The summed E-state index contributed by atoms with van der Waals surface area (Å²) in [5, 5.41) is 36.7. The van der Waals surface area contributed by atoms with E-state index in [1.54, 1.807) is 47.8 Å². The van der Waals surface area contributed by atoms with E-state index < -0.39 is 48.4 Å². The molecule has 3 amide bonds. The highest BCUT2D eigenvalue weighted by molar-refractivity contribution is 5.94. The molecule has 72 heavy (non-hydrogen) atoms. The lowest BCUT2D eigenvalue weighted by Crippen LogP contribution is -2.40. The maximum atomic E-state index is 15.0. The Labute approximate surface area is 411 Å². The smallest absolute Gasteiger partial charge is 0.433 e. The summed E-state index contributed by atoms with van der Waals surface area (Å²) in [6.07, 6.45) is 3.61. The van der Waals surface area contributed by atoms with Crippen LogP contribution in [-0.4, -0.2) is 134 Å². The summed E-state index contributed by atoms with van der Waals surface area (Å²) in [6, 6.07) is 5.93. The van der Waals surface area contributed by atoms with Gasteiger partial charge in [-0.25, -0.2) is 37.8 Å². The second kappa shape index (κ2) is 24.3. The summed E-state index contributed by atoms with van der Waals surface area (Å²) in [6.45, 7) is 13.6. The number of hydrogen-bond donors (Lipinski definition) is 7. The molecule has 392 valence electrons. The molecule has 6 aromatic rings. The van der Waals surface area contributed by atoms with Gasteiger partial charge in [0.15, 0.2) is 23.0 Å². The molecule has 7 heterocycles. The number of aryl methyl sites for hydroxylation is 1. The van der Waals surface area contributed by atoms with Crippen molar-refractivity contribution in [2.45, 2.75) is 135 Å². The average Bonchev–Trinajstić information content (AvgIpc) is 4.12. The zero-order valence-corrected chi connectivity index (χ0v) is 40.9. The van der Waals surface area contributed by atoms with Crippen molar-refractivity contribution < 1.29 is 50.9 Å². The summed E-state index contributed by atoms with van der Waals surface area (Å²) < 4.78 is 80.1. The molecule has 10 rings (SSSR count). The number of morpholine rings is 1. The van der Waals surface area contributed by atoms with Crippen molar-refractivity contribution >= 4 is 52.7 Å². The maximum Gasteiger partial charge on any atom is 0.433 e. The van der Waals surface area contributed by atoms with Gasteiger partial charge in [-0.15, -0.1) is 0 Å². The van der Waals surface area contributed by atoms with Crippen molar-refractivity contribution in [2.24, 2.45) is 0 Å². The number of rotatable bonds is 9. The number of alkyl carbamates (subject to hydrolysis) is 1. The normalized spacial score (nSPS) is 19.1. The van der Waals surface area contributed by atoms with E-state index in [1.165, 1.54) is 22.9 Å². The van der Waals surface area contributed by atoms with Gasteiger partial charge in [0.25, 0.3) is 5.91 Å². The largest absolute Gasteiger partial charge is 0.465 e. The molecule has 4 aliphatic rings. The van der Waals surface area contributed by atoms with E-state index in [1.807, 2.05) is 27.7 Å². The van der Waals surface area contributed by atoms with E-state index in [4.69, 9.17) is 14.6 Å². The molecule has 0 aromatic carbocycles. The first kappa shape index (κ1) is 54.2. The number of hydrogen-bond acceptors (Lipinski definition) is 13. The van der Waals surface area contributed by atoms with Crippen LogP contribution in [0.25, 0.3) is 11.2 Å². The predicted molar refractivity (Wildman–Crippen MR) is 255 cm³/mol. The van der Waals surface area contributed by atoms with E-state index in [2.05, 4.69) is 61.7 Å². The van der Waals surface area contributed by atoms with Crippen LogP contribution in [0.2, 0.25) is 0 Å². The summed E-state index contributed by atoms with van der Waals surface area (Å²) in [7, 11) is 0. The van der Waals surface area contributed by atoms with Crippen molar-refractivity contribution in [2.75, 3.05) is 36.9 Å². The Morgan fingerprint density at radius 1 is 0.972 bits per heavy atom. The second-order valence-corrected chi connectivity index (χ2v) is 17.8. The van der Waals surface area contributed by atoms with Crippen LogP contribution in [0.5, 0.6) is 0 Å². The summed E-state index contributed by atoms with van der Waals surface area (Å²) in [5.41, 5.74) is 1.07. The topological polar surface area (TPSA) is 259 Å². The van der Waals surface area contributed by atoms with E-state index in [0.717, 1.165) is 61.6 Å². The number of imidazole rings is 1. The zero-order valence-electron chi connectivity index (χ0n) is 40.9. The number of H-pyrrole nitrogens is 2. The van der Waals surface area contributed by atoms with Crippen LogP contribution < -0.4 is 21.3 Å². The van der Waals surface area contributed by atoms with Gasteiger partial charge in [0.05, 0.1) is 31.3 Å². The molecule has 21 nitrogen and oxygen atoms in total. The number of fused-ring (bicyclic) bond motifs is 2. The minimum Gasteiger partial charge on any atom is -0.465 e. The minimum absolute atomic E-state index is 0.0255. The van der Waals surface area contributed by atoms with Gasteiger partial charge in [-0.05, 0) is 66.2 Å². The number of anilines is 4. The molecule has 3 atom stereocenters. The monoisotopic (exact) mass is 1020 g/mol. The number of nitrogens with zero attached hydrogens (tertiary/aromatic N) is 9. The summed E-state index contributed by atoms with van der Waals surface area (Å²) >= 11 is 0. The molecule has 0 radical (unpaired) electrons. The number of carboxylic acid groups (broad SMARTS) is 1.